The van der Waals surface area contributed by atoms with Crippen molar-refractivity contribution in [1.29, 1.82) is 5.41 Å². The van der Waals surface area contributed by atoms with Gasteiger partial charge in [-0.15, -0.1) is 22.0 Å². The molecule has 0 bridgehead atoms. The first-order valence-electron chi connectivity index (χ1n) is 31.1. The van der Waals surface area contributed by atoms with Gasteiger partial charge in [-0.05, 0) is 83.5 Å². The van der Waals surface area contributed by atoms with Crippen molar-refractivity contribution in [3.63, 3.8) is 0 Å². The van der Waals surface area contributed by atoms with Crippen LogP contribution < -0.4 is 10.6 Å². The number of aromatic amines is 1. The summed E-state index contributed by atoms with van der Waals surface area (Å²) < 4.78 is 10.4. The molecule has 8 aliphatic rings. The molecule has 0 radical (unpaired) electrons. The number of imide groups is 2. The standard InChI is InChI=1S/C14H19NO2S2.C14H20O5.C12H16N2O4.C11H18O3.C10H16N4O/c15-12-13(17)11(19-14(12)18)8-4-7-10(16)9-5-2-1-3-6-9;1-14(2)18-12(16)10(13(17)19-14)8-11(15)9-6-4-3-5-7-9;15-9(7-4-2-1-3-5-7)6-8-10(16)13-12(18)14-11(8)17;12-10(7-4-8-11(13)14)9-5-2-1-3-6-9;15-9(8-4-2-1-3-5-8)6-7-10-11-13-14-12-10/h9,11,15H,1-8H2;9-10H,3-8H2,1-2H3;7-8H,1-6H2,(H2,13,14,16,17,18);9H,1-8H2,(H,13,14);8H,1-7H2,(H,11,12,13,14). The number of carboxylic acid groups (broad SMARTS) is 1. The van der Waals surface area contributed by atoms with E-state index in [1.54, 1.807) is 0 Å². The third kappa shape index (κ3) is 24.5. The molecule has 24 heteroatoms. The number of rotatable bonds is 20. The molecule has 470 valence electrons. The molecule has 22 nitrogen and oxygen atoms in total. The van der Waals surface area contributed by atoms with Crippen molar-refractivity contribution in [2.24, 2.45) is 41.4 Å². The molecular formula is C61H89N7O15S2. The van der Waals surface area contributed by atoms with Gasteiger partial charge in [0.2, 0.25) is 11.8 Å². The fourth-order valence-corrected chi connectivity index (χ4v) is 13.6. The molecule has 1 aromatic rings. The highest BCUT2D eigenvalue weighted by Crippen LogP contribution is 2.33. The lowest BCUT2D eigenvalue weighted by Gasteiger charge is -2.33. The monoisotopic (exact) mass is 1220 g/mol. The number of nitrogens with one attached hydrogen (secondary N) is 4. The third-order valence-corrected chi connectivity index (χ3v) is 18.8. The number of hydrogen-bond donors (Lipinski definition) is 5. The van der Waals surface area contributed by atoms with Gasteiger partial charge in [0.25, 0.3) is 5.79 Å². The number of carbonyl (C=O) groups excluding carboxylic acids is 11. The number of aromatic nitrogens is 4. The normalized spacial score (nSPS) is 22.0. The molecule has 5 saturated carbocycles. The van der Waals surface area contributed by atoms with Crippen LogP contribution >= 0.6 is 24.0 Å². The molecular weight excluding hydrogens is 1130 g/mol. The van der Waals surface area contributed by atoms with Gasteiger partial charge in [-0.1, -0.05) is 114 Å². The molecule has 3 saturated heterocycles. The van der Waals surface area contributed by atoms with E-state index in [1.165, 1.54) is 70.6 Å². The van der Waals surface area contributed by atoms with Gasteiger partial charge in [0.15, 0.2) is 17.5 Å². The Labute approximate surface area is 507 Å². The molecule has 5 N–H and O–H groups in total. The van der Waals surface area contributed by atoms with Crippen molar-refractivity contribution in [3.8, 4) is 0 Å². The fraction of sp³-hybridized carbons (Fsp3) is 0.754. The number of ketones is 6. The van der Waals surface area contributed by atoms with Crippen LogP contribution in [0.2, 0.25) is 0 Å². The Morgan fingerprint density at radius 1 is 0.565 bits per heavy atom. The summed E-state index contributed by atoms with van der Waals surface area (Å²) >= 11 is 6.27. The van der Waals surface area contributed by atoms with Gasteiger partial charge in [0.1, 0.15) is 40.5 Å². The summed E-state index contributed by atoms with van der Waals surface area (Å²) in [5.41, 5.74) is -0.0105. The quantitative estimate of drug-likeness (QED) is 0.0460. The average Bonchev–Trinajstić information content (AvgIpc) is 4.08. The predicted molar refractivity (Wildman–Crippen MR) is 317 cm³/mol. The summed E-state index contributed by atoms with van der Waals surface area (Å²) in [5, 5.41) is 33.2. The van der Waals surface area contributed by atoms with Crippen LogP contribution in [0.5, 0.6) is 0 Å². The first-order valence-corrected chi connectivity index (χ1v) is 32.4. The summed E-state index contributed by atoms with van der Waals surface area (Å²) in [6.07, 6.45) is 31.1. The van der Waals surface area contributed by atoms with Crippen molar-refractivity contribution >= 4 is 104 Å². The van der Waals surface area contributed by atoms with Crippen molar-refractivity contribution in [3.05, 3.63) is 5.82 Å². The van der Waals surface area contributed by atoms with Gasteiger partial charge >= 0.3 is 23.9 Å². The second kappa shape index (κ2) is 36.4. The molecule has 1 atom stereocenters. The molecule has 8 fully saturated rings. The summed E-state index contributed by atoms with van der Waals surface area (Å²) in [5.74, 6) is -4.60. The van der Waals surface area contributed by atoms with E-state index in [0.717, 1.165) is 122 Å². The molecule has 4 amide bonds. The smallest absolute Gasteiger partial charge is 0.328 e. The van der Waals surface area contributed by atoms with Gasteiger partial charge in [0.05, 0.1) is 9.45 Å². The number of amides is 4. The van der Waals surface area contributed by atoms with Crippen LogP contribution in [0.15, 0.2) is 0 Å². The number of carbonyl (C=O) groups is 12. The maximum Gasteiger partial charge on any atom is 0.328 e. The zero-order chi connectivity index (χ0) is 61.9. The molecule has 1 aromatic heterocycles. The highest BCUT2D eigenvalue weighted by atomic mass is 32.2. The molecule has 3 aliphatic heterocycles. The topological polar surface area (TPSA) is 346 Å². The number of aliphatic carboxylic acids is 1. The molecule has 5 aliphatic carbocycles. The first-order chi connectivity index (χ1) is 40.6. The fourth-order valence-electron chi connectivity index (χ4n) is 12.2. The van der Waals surface area contributed by atoms with Gasteiger partial charge in [-0.2, -0.15) is 5.21 Å². The van der Waals surface area contributed by atoms with Crippen LogP contribution in [0.3, 0.4) is 0 Å². The lowest BCUT2D eigenvalue weighted by molar-refractivity contribution is -0.240. The third-order valence-electron chi connectivity index (χ3n) is 17.2. The number of carboxylic acids is 1. The van der Waals surface area contributed by atoms with E-state index < -0.39 is 53.4 Å². The van der Waals surface area contributed by atoms with Crippen LogP contribution in [0, 0.1) is 46.8 Å². The lowest BCUT2D eigenvalue weighted by atomic mass is 9.82. The zero-order valence-corrected chi connectivity index (χ0v) is 51.3. The average molecular weight is 1220 g/mol. The summed E-state index contributed by atoms with van der Waals surface area (Å²) in [4.78, 5) is 139. The Hall–Kier alpha value is -5.78. The number of barbiturate groups is 1. The number of urea groups is 1. The van der Waals surface area contributed by atoms with E-state index in [-0.39, 0.29) is 77.0 Å². The highest BCUT2D eigenvalue weighted by Gasteiger charge is 2.45. The zero-order valence-electron chi connectivity index (χ0n) is 49.7. The number of thioether (sulfide) groups is 1. The van der Waals surface area contributed by atoms with E-state index >= 15 is 0 Å². The van der Waals surface area contributed by atoms with Gasteiger partial charge in [-0.3, -0.25) is 68.8 Å². The molecule has 4 heterocycles. The number of Topliss-reactive ketones (excluding diaryl/α,β-unsaturated/α-hetero) is 6. The van der Waals surface area contributed by atoms with E-state index in [4.69, 9.17) is 32.2 Å². The Morgan fingerprint density at radius 2 is 0.953 bits per heavy atom. The van der Waals surface area contributed by atoms with E-state index in [1.807, 2.05) is 10.6 Å². The second-order valence-corrected chi connectivity index (χ2v) is 26.0. The number of thiocarbonyl (C=S) groups is 1. The van der Waals surface area contributed by atoms with Crippen LogP contribution in [0.1, 0.15) is 238 Å². The summed E-state index contributed by atoms with van der Waals surface area (Å²) in [6, 6.07) is -0.814. The van der Waals surface area contributed by atoms with Gasteiger partial charge in [-0.25, -0.2) is 4.79 Å². The SMILES string of the molecule is CC1(C)OC(=O)C(CC(=O)C2CCCCC2)C(=O)O1.N=C1C(=O)C(CCCC(=O)C2CCCCC2)SC1=S.O=C(CCc1nn[nH]n1)C1CCCCC1.O=C(O)CCCC(=O)C1CCCCC1.O=C1NC(=O)C(CC(=O)C2CCCCC2)C(=O)N1. The number of tetrazole rings is 1. The number of esters is 2. The minimum Gasteiger partial charge on any atom is -0.481 e. The minimum atomic E-state index is -1.22. The van der Waals surface area contributed by atoms with E-state index in [9.17, 15) is 57.5 Å². The minimum absolute atomic E-state index is 0.00992. The predicted octanol–water partition coefficient (Wildman–Crippen LogP) is 9.50. The number of nitrogens with zero attached hydrogens (tertiary/aromatic N) is 3. The van der Waals surface area contributed by atoms with Crippen LogP contribution in [-0.2, 0) is 68.6 Å². The van der Waals surface area contributed by atoms with Crippen molar-refractivity contribution in [2.75, 3.05) is 0 Å². The largest absolute Gasteiger partial charge is 0.481 e. The number of hydrogen-bond acceptors (Lipinski definition) is 20. The maximum atomic E-state index is 12.1. The second-order valence-electron chi connectivity index (χ2n) is 24.2. The van der Waals surface area contributed by atoms with E-state index in [0.29, 0.717) is 66.0 Å². The molecule has 0 aromatic carbocycles. The molecule has 1 unspecified atom stereocenters. The summed E-state index contributed by atoms with van der Waals surface area (Å²) in [7, 11) is 0. The number of cyclic esters (lactones) is 2. The Kier molecular flexibility index (Phi) is 30.0. The van der Waals surface area contributed by atoms with Gasteiger partial charge in [0, 0.05) is 88.4 Å². The Morgan fingerprint density at radius 3 is 1.33 bits per heavy atom. The molecule has 9 rings (SSSR count). The Balaban J connectivity index is 0.000000195. The number of H-pyrrole nitrogens is 1. The van der Waals surface area contributed by atoms with Crippen LogP contribution in [0.25, 0.3) is 0 Å². The van der Waals surface area contributed by atoms with Crippen LogP contribution in [0.4, 0.5) is 4.79 Å². The first kappa shape index (κ1) is 70.0. The highest BCUT2D eigenvalue weighted by molar-refractivity contribution is 8.27. The molecule has 0 spiro atoms. The van der Waals surface area contributed by atoms with Crippen molar-refractivity contribution in [1.82, 2.24) is 31.3 Å². The van der Waals surface area contributed by atoms with Gasteiger partial charge < -0.3 is 14.6 Å². The number of ether oxygens (including phenoxy) is 2. The molecule has 85 heavy (non-hydrogen) atoms. The van der Waals surface area contributed by atoms with E-state index in [2.05, 4.69) is 20.6 Å². The lowest BCUT2D eigenvalue weighted by Crippen LogP contribution is -2.56. The maximum absolute atomic E-state index is 12.1. The number of aryl methyl sites for hydroxylation is 1. The van der Waals surface area contributed by atoms with Crippen LogP contribution in [-0.4, -0.2) is 117 Å². The Bertz CT molecular complexity index is 2470. The summed E-state index contributed by atoms with van der Waals surface area (Å²) in [6.45, 7) is 3.00. The van der Waals surface area contributed by atoms with Crippen molar-refractivity contribution < 1.29 is 72.1 Å². The van der Waals surface area contributed by atoms with Crippen molar-refractivity contribution in [2.45, 2.75) is 250 Å².